The highest BCUT2D eigenvalue weighted by molar-refractivity contribution is 7.89. The number of rotatable bonds is 10. The van der Waals surface area contributed by atoms with Gasteiger partial charge in [-0.2, -0.15) is 4.31 Å². The maximum atomic E-state index is 12.9. The van der Waals surface area contributed by atoms with Crippen LogP contribution in [-0.2, 0) is 26.6 Å². The van der Waals surface area contributed by atoms with Gasteiger partial charge in [0.2, 0.25) is 20.0 Å². The standard InChI is InChI=1S/C24H27N3O5S2/c1-26(2)33(29,30)23-11-7-10-20(16-23)24(28)17-25-21-12-14-22(15-13-21)34(31,32)27(3)18-19-8-5-4-6-9-19/h4-16,25H,17-18H2,1-3H3. The highest BCUT2D eigenvalue weighted by Gasteiger charge is 2.21. The van der Waals surface area contributed by atoms with Gasteiger partial charge in [-0.15, -0.1) is 0 Å². The lowest BCUT2D eigenvalue weighted by molar-refractivity contribution is 0.101. The van der Waals surface area contributed by atoms with E-state index in [4.69, 9.17) is 0 Å². The van der Waals surface area contributed by atoms with Crippen LogP contribution in [0.5, 0.6) is 0 Å². The summed E-state index contributed by atoms with van der Waals surface area (Å²) in [5, 5.41) is 2.95. The Hall–Kier alpha value is -3.05. The third-order valence-electron chi connectivity index (χ3n) is 5.20. The molecule has 0 unspecified atom stereocenters. The molecule has 180 valence electrons. The van der Waals surface area contributed by atoms with E-state index in [1.54, 1.807) is 18.2 Å². The first kappa shape index (κ1) is 25.6. The lowest BCUT2D eigenvalue weighted by atomic mass is 10.1. The quantitative estimate of drug-likeness (QED) is 0.428. The Morgan fingerprint density at radius 3 is 2.03 bits per heavy atom. The van der Waals surface area contributed by atoms with Crippen LogP contribution < -0.4 is 5.32 Å². The number of anilines is 1. The molecule has 3 aromatic rings. The van der Waals surface area contributed by atoms with Crippen LogP contribution in [0.15, 0.2) is 88.7 Å². The van der Waals surface area contributed by atoms with Gasteiger partial charge in [-0.25, -0.2) is 21.1 Å². The molecule has 3 rings (SSSR count). The molecule has 0 aliphatic heterocycles. The summed E-state index contributed by atoms with van der Waals surface area (Å²) in [5.41, 5.74) is 1.71. The van der Waals surface area contributed by atoms with Crippen molar-refractivity contribution in [2.45, 2.75) is 16.3 Å². The summed E-state index contributed by atoms with van der Waals surface area (Å²) in [7, 11) is -2.95. The molecule has 8 nitrogen and oxygen atoms in total. The molecule has 0 amide bonds. The van der Waals surface area contributed by atoms with Gasteiger partial charge in [0.25, 0.3) is 0 Å². The van der Waals surface area contributed by atoms with Gasteiger partial charge in [0.15, 0.2) is 5.78 Å². The van der Waals surface area contributed by atoms with Crippen molar-refractivity contribution in [3.63, 3.8) is 0 Å². The van der Waals surface area contributed by atoms with Crippen LogP contribution in [0, 0.1) is 0 Å². The average molecular weight is 502 g/mol. The Bertz CT molecular complexity index is 1360. The van der Waals surface area contributed by atoms with Crippen LogP contribution in [0.25, 0.3) is 0 Å². The van der Waals surface area contributed by atoms with Crippen molar-refractivity contribution < 1.29 is 21.6 Å². The molecule has 0 radical (unpaired) electrons. The highest BCUT2D eigenvalue weighted by Crippen LogP contribution is 2.20. The molecule has 34 heavy (non-hydrogen) atoms. The van der Waals surface area contributed by atoms with E-state index < -0.39 is 20.0 Å². The third kappa shape index (κ3) is 5.89. The van der Waals surface area contributed by atoms with Crippen molar-refractivity contribution in [3.05, 3.63) is 90.0 Å². The molecule has 10 heteroatoms. The number of hydrogen-bond donors (Lipinski definition) is 1. The van der Waals surface area contributed by atoms with E-state index in [-0.39, 0.29) is 34.2 Å². The van der Waals surface area contributed by atoms with Crippen LogP contribution in [0.1, 0.15) is 15.9 Å². The van der Waals surface area contributed by atoms with Crippen molar-refractivity contribution in [2.24, 2.45) is 0 Å². The number of hydrogen-bond acceptors (Lipinski definition) is 6. The summed E-state index contributed by atoms with van der Waals surface area (Å²) >= 11 is 0. The fraction of sp³-hybridized carbons (Fsp3) is 0.208. The Labute approximate surface area is 200 Å². The average Bonchev–Trinajstić information content (AvgIpc) is 2.83. The second-order valence-electron chi connectivity index (χ2n) is 7.86. The molecule has 0 saturated carbocycles. The van der Waals surface area contributed by atoms with E-state index in [9.17, 15) is 21.6 Å². The fourth-order valence-electron chi connectivity index (χ4n) is 3.18. The Morgan fingerprint density at radius 1 is 0.765 bits per heavy atom. The first-order valence-corrected chi connectivity index (χ1v) is 13.3. The SMILES string of the molecule is CN(C)S(=O)(=O)c1cccc(C(=O)CNc2ccc(S(=O)(=O)N(C)Cc3ccccc3)cc2)c1. The third-order valence-corrected chi connectivity index (χ3v) is 8.83. The second-order valence-corrected chi connectivity index (χ2v) is 12.1. The van der Waals surface area contributed by atoms with Crippen LogP contribution >= 0.6 is 0 Å². The normalized spacial score (nSPS) is 12.1. The molecule has 0 aliphatic carbocycles. The van der Waals surface area contributed by atoms with E-state index in [0.717, 1.165) is 9.87 Å². The molecule has 0 aromatic heterocycles. The minimum atomic E-state index is -3.68. The molecular weight excluding hydrogens is 474 g/mol. The number of benzene rings is 3. The molecule has 0 spiro atoms. The van der Waals surface area contributed by atoms with Gasteiger partial charge in [0.05, 0.1) is 16.3 Å². The highest BCUT2D eigenvalue weighted by atomic mass is 32.2. The summed E-state index contributed by atoms with van der Waals surface area (Å²) in [4.78, 5) is 12.8. The minimum Gasteiger partial charge on any atom is -0.378 e. The van der Waals surface area contributed by atoms with Crippen molar-refractivity contribution in [2.75, 3.05) is 33.0 Å². The fourth-order valence-corrected chi connectivity index (χ4v) is 5.28. The van der Waals surface area contributed by atoms with E-state index in [1.165, 1.54) is 55.8 Å². The Kier molecular flexibility index (Phi) is 7.88. The molecule has 0 fully saturated rings. The summed E-state index contributed by atoms with van der Waals surface area (Å²) in [5.74, 6) is -0.296. The lowest BCUT2D eigenvalue weighted by Crippen LogP contribution is -2.26. The van der Waals surface area contributed by atoms with Crippen molar-refractivity contribution in [1.82, 2.24) is 8.61 Å². The maximum absolute atomic E-state index is 12.9. The molecule has 0 aliphatic rings. The summed E-state index contributed by atoms with van der Waals surface area (Å²) < 4.78 is 52.7. The first-order valence-electron chi connectivity index (χ1n) is 10.4. The van der Waals surface area contributed by atoms with E-state index in [0.29, 0.717) is 5.69 Å². The zero-order valence-electron chi connectivity index (χ0n) is 19.2. The van der Waals surface area contributed by atoms with Crippen molar-refractivity contribution >= 4 is 31.5 Å². The number of ketones is 1. The zero-order valence-corrected chi connectivity index (χ0v) is 20.8. The van der Waals surface area contributed by atoms with Gasteiger partial charge in [0.1, 0.15) is 0 Å². The molecule has 0 saturated heterocycles. The monoisotopic (exact) mass is 501 g/mol. The Balaban J connectivity index is 1.65. The van der Waals surface area contributed by atoms with E-state index in [1.807, 2.05) is 30.3 Å². The van der Waals surface area contributed by atoms with Crippen molar-refractivity contribution in [1.29, 1.82) is 0 Å². The minimum absolute atomic E-state index is 0.0394. The number of carbonyl (C=O) groups is 1. The van der Waals surface area contributed by atoms with Gasteiger partial charge < -0.3 is 5.32 Å². The predicted molar refractivity (Wildman–Crippen MR) is 132 cm³/mol. The number of Topliss-reactive ketones (excluding diaryl/α,β-unsaturated/α-hetero) is 1. The van der Waals surface area contributed by atoms with Gasteiger partial charge in [-0.05, 0) is 42.0 Å². The first-order chi connectivity index (χ1) is 16.0. The predicted octanol–water partition coefficient (Wildman–Crippen LogP) is 3.05. The molecular formula is C24H27N3O5S2. The van der Waals surface area contributed by atoms with E-state index in [2.05, 4.69) is 5.32 Å². The summed E-state index contributed by atoms with van der Waals surface area (Å²) in [6.45, 7) is 0.172. The van der Waals surface area contributed by atoms with Gasteiger partial charge in [0, 0.05) is 38.9 Å². The summed E-state index contributed by atoms with van der Waals surface area (Å²) in [6, 6.07) is 21.3. The van der Waals surface area contributed by atoms with Gasteiger partial charge in [-0.1, -0.05) is 42.5 Å². The summed E-state index contributed by atoms with van der Waals surface area (Å²) in [6.07, 6.45) is 0. The number of nitrogens with zero attached hydrogens (tertiary/aromatic N) is 2. The van der Waals surface area contributed by atoms with Crippen LogP contribution in [0.3, 0.4) is 0 Å². The molecule has 1 N–H and O–H groups in total. The Morgan fingerprint density at radius 2 is 1.41 bits per heavy atom. The molecule has 0 bridgehead atoms. The van der Waals surface area contributed by atoms with Crippen LogP contribution in [-0.4, -0.2) is 58.9 Å². The largest absolute Gasteiger partial charge is 0.378 e. The van der Waals surface area contributed by atoms with Gasteiger partial charge >= 0.3 is 0 Å². The van der Waals surface area contributed by atoms with Gasteiger partial charge in [-0.3, -0.25) is 4.79 Å². The number of nitrogens with one attached hydrogen (secondary N) is 1. The molecule has 0 heterocycles. The topological polar surface area (TPSA) is 104 Å². The smallest absolute Gasteiger partial charge is 0.243 e. The number of sulfonamides is 2. The molecule has 3 aromatic carbocycles. The van der Waals surface area contributed by atoms with Crippen molar-refractivity contribution in [3.8, 4) is 0 Å². The second kappa shape index (κ2) is 10.5. The van der Waals surface area contributed by atoms with Crippen LogP contribution in [0.4, 0.5) is 5.69 Å². The van der Waals surface area contributed by atoms with Crippen LogP contribution in [0.2, 0.25) is 0 Å². The maximum Gasteiger partial charge on any atom is 0.243 e. The molecule has 0 atom stereocenters. The lowest BCUT2D eigenvalue weighted by Gasteiger charge is -2.17. The number of carbonyl (C=O) groups excluding carboxylic acids is 1. The zero-order chi connectivity index (χ0) is 24.9. The van der Waals surface area contributed by atoms with E-state index >= 15 is 0 Å².